The fourth-order valence-corrected chi connectivity index (χ4v) is 0. The Labute approximate surface area is 114 Å². The van der Waals surface area contributed by atoms with Crippen molar-refractivity contribution in [1.82, 2.24) is 18.5 Å². The van der Waals surface area contributed by atoms with Crippen LogP contribution in [0.3, 0.4) is 0 Å². The second-order valence-corrected chi connectivity index (χ2v) is 1.54. The zero-order chi connectivity index (χ0) is 4.50. The summed E-state index contributed by atoms with van der Waals surface area (Å²) in [5.74, 6) is 0. The number of hydrogen-bond donors (Lipinski definition) is 6. The number of rotatable bonds is 0. The molecule has 9 heteroatoms. The van der Waals surface area contributed by atoms with Crippen LogP contribution in [0.25, 0.3) is 0 Å². The molecular weight excluding hydrogens is 270 g/mol. The van der Waals surface area contributed by atoms with Crippen LogP contribution in [0.15, 0.2) is 0 Å². The van der Waals surface area contributed by atoms with E-state index in [4.69, 9.17) is 19.2 Å². The van der Waals surface area contributed by atoms with Crippen LogP contribution in [-0.2, 0) is 4.57 Å². The van der Waals surface area contributed by atoms with Gasteiger partial charge in [0.2, 0.25) is 0 Å². The summed E-state index contributed by atoms with van der Waals surface area (Å²) >= 11 is 0. The number of hydrogen-bond acceptors (Lipinski definition) is 4. The molecular formula is H13CsN3O4P. The molecule has 0 aliphatic carbocycles. The average molecular weight is 283 g/mol. The first kappa shape index (κ1) is 30.5. The second kappa shape index (κ2) is 12.7. The minimum absolute atomic E-state index is 0. The normalized spacial score (nSPS) is 6.56. The fourth-order valence-electron chi connectivity index (χ4n) is 0. The van der Waals surface area contributed by atoms with Gasteiger partial charge in [0.1, 0.15) is 0 Å². The maximum absolute atomic E-state index is 8.88. The Morgan fingerprint density at radius 1 is 1.00 bits per heavy atom. The van der Waals surface area contributed by atoms with Crippen LogP contribution in [0.1, 0.15) is 1.43 Å². The van der Waals surface area contributed by atoms with Gasteiger partial charge in [-0.3, -0.25) is 0 Å². The van der Waals surface area contributed by atoms with Crippen LogP contribution < -0.4 is 87.3 Å². The van der Waals surface area contributed by atoms with Crippen LogP contribution in [0.2, 0.25) is 0 Å². The average Bonchev–Trinajstić information content (AvgIpc) is 0.722. The first-order valence-corrected chi connectivity index (χ1v) is 2.35. The first-order valence-electron chi connectivity index (χ1n) is 0.783. The van der Waals surface area contributed by atoms with Gasteiger partial charge in [0.25, 0.3) is 0 Å². The van der Waals surface area contributed by atoms with E-state index in [1.54, 1.807) is 0 Å². The molecule has 0 atom stereocenters. The third-order valence-corrected chi connectivity index (χ3v) is 0. The van der Waals surface area contributed by atoms with Gasteiger partial charge < -0.3 is 34.6 Å². The molecule has 0 fully saturated rings. The fraction of sp³-hybridized carbons (Fsp3) is 0. The van der Waals surface area contributed by atoms with Gasteiger partial charge in [0, 0.05) is 0 Å². The molecule has 0 aromatic rings. The van der Waals surface area contributed by atoms with Crippen molar-refractivity contribution in [2.75, 3.05) is 0 Å². The van der Waals surface area contributed by atoms with Crippen molar-refractivity contribution in [1.29, 1.82) is 0 Å². The summed E-state index contributed by atoms with van der Waals surface area (Å²) < 4.78 is 8.88. The summed E-state index contributed by atoms with van der Waals surface area (Å²) in [6.45, 7) is 0. The largest absolute Gasteiger partial charge is 1.00 e. The Bertz CT molecular complexity index is 66.6. The molecule has 7 nitrogen and oxygen atoms in total. The molecule has 0 amide bonds. The Hall–Kier alpha value is 2.04. The van der Waals surface area contributed by atoms with E-state index in [1.165, 1.54) is 0 Å². The van der Waals surface area contributed by atoms with Gasteiger partial charge in [-0.1, -0.05) is 0 Å². The van der Waals surface area contributed by atoms with Crippen LogP contribution in [0, 0.1) is 0 Å². The van der Waals surface area contributed by atoms with E-state index in [0.29, 0.717) is 0 Å². The standard InChI is InChI=1S/Cs.3H3N.H3O4P.H/c;;;;1-5(2,3)4;/h;3*1H3;(H3,1,2,3,4);/q+1;;;;;-1. The quantitative estimate of drug-likeness (QED) is 0.251. The zero-order valence-electron chi connectivity index (χ0n) is 6.32. The van der Waals surface area contributed by atoms with Gasteiger partial charge in [-0.2, -0.15) is 0 Å². The van der Waals surface area contributed by atoms with Crippen LogP contribution in [0.5, 0.6) is 0 Å². The Kier molecular flexibility index (Phi) is 43.0. The van der Waals surface area contributed by atoms with Gasteiger partial charge in [-0.25, -0.2) is 4.57 Å². The first-order chi connectivity index (χ1) is 2.00. The van der Waals surface area contributed by atoms with Crippen molar-refractivity contribution in [3.8, 4) is 0 Å². The van der Waals surface area contributed by atoms with Crippen molar-refractivity contribution in [2.24, 2.45) is 0 Å². The van der Waals surface area contributed by atoms with E-state index in [0.717, 1.165) is 0 Å². The molecule has 0 aromatic heterocycles. The van der Waals surface area contributed by atoms with Crippen molar-refractivity contribution in [3.05, 3.63) is 0 Å². The van der Waals surface area contributed by atoms with Gasteiger partial charge in [0.15, 0.2) is 0 Å². The summed E-state index contributed by atoms with van der Waals surface area (Å²) in [7, 11) is -4.64. The maximum Gasteiger partial charge on any atom is 1.00 e. The Balaban J connectivity index is -0.00000000800. The topological polar surface area (TPSA) is 183 Å². The summed E-state index contributed by atoms with van der Waals surface area (Å²) in [5.41, 5.74) is 0. The summed E-state index contributed by atoms with van der Waals surface area (Å²) in [6, 6.07) is 0. The molecule has 0 bridgehead atoms. The molecule has 0 heterocycles. The third kappa shape index (κ3) is 156. The maximum atomic E-state index is 8.88. The predicted octanol–water partition coefficient (Wildman–Crippen LogP) is -3.33. The molecule has 0 saturated heterocycles. The minimum atomic E-state index is -4.64. The molecule has 0 aliphatic rings. The van der Waals surface area contributed by atoms with E-state index in [9.17, 15) is 0 Å². The monoisotopic (exact) mass is 283 g/mol. The van der Waals surface area contributed by atoms with Crippen molar-refractivity contribution in [3.63, 3.8) is 0 Å². The van der Waals surface area contributed by atoms with E-state index in [1.807, 2.05) is 0 Å². The van der Waals surface area contributed by atoms with E-state index < -0.39 is 7.82 Å². The molecule has 58 valence electrons. The molecule has 0 aromatic carbocycles. The van der Waals surface area contributed by atoms with Crippen molar-refractivity contribution >= 4 is 7.82 Å². The molecule has 0 radical (unpaired) electrons. The minimum Gasteiger partial charge on any atom is -1.00 e. The molecule has 0 unspecified atom stereocenters. The SMILES string of the molecule is N.N.N.O=P(O)(O)O.[Cs+].[H-]. The molecule has 0 saturated carbocycles. The second-order valence-electron chi connectivity index (χ2n) is 0.513. The Morgan fingerprint density at radius 2 is 1.00 bits per heavy atom. The summed E-state index contributed by atoms with van der Waals surface area (Å²) in [5, 5.41) is 0. The van der Waals surface area contributed by atoms with E-state index in [-0.39, 0.29) is 88.8 Å². The third-order valence-electron chi connectivity index (χ3n) is 0. The van der Waals surface area contributed by atoms with Gasteiger partial charge >= 0.3 is 76.7 Å². The summed E-state index contributed by atoms with van der Waals surface area (Å²) in [4.78, 5) is 21.6. The van der Waals surface area contributed by atoms with Gasteiger partial charge in [-0.05, 0) is 0 Å². The number of phosphoric acid groups is 1. The summed E-state index contributed by atoms with van der Waals surface area (Å²) in [6.07, 6.45) is 0. The van der Waals surface area contributed by atoms with E-state index in [2.05, 4.69) is 0 Å². The molecule has 0 spiro atoms. The van der Waals surface area contributed by atoms with Gasteiger partial charge in [-0.15, -0.1) is 0 Å². The van der Waals surface area contributed by atoms with E-state index >= 15 is 0 Å². The van der Waals surface area contributed by atoms with Crippen LogP contribution >= 0.6 is 7.82 Å². The Morgan fingerprint density at radius 3 is 1.00 bits per heavy atom. The van der Waals surface area contributed by atoms with Crippen LogP contribution in [0.4, 0.5) is 0 Å². The molecule has 0 rings (SSSR count). The van der Waals surface area contributed by atoms with Gasteiger partial charge in [0.05, 0.1) is 0 Å². The molecule has 0 aliphatic heterocycles. The van der Waals surface area contributed by atoms with Crippen molar-refractivity contribution in [2.45, 2.75) is 0 Å². The zero-order valence-corrected chi connectivity index (χ0v) is 12.5. The van der Waals surface area contributed by atoms with Crippen LogP contribution in [-0.4, -0.2) is 14.7 Å². The smallest absolute Gasteiger partial charge is 1.00 e. The van der Waals surface area contributed by atoms with Crippen molar-refractivity contribution < 1.29 is 89.6 Å². The molecule has 12 N–H and O–H groups in total. The predicted molar refractivity (Wildman–Crippen MR) is 30.4 cm³/mol. The molecule has 9 heavy (non-hydrogen) atoms.